The van der Waals surface area contributed by atoms with E-state index in [-0.39, 0.29) is 21.1 Å². The largest absolute Gasteiger partial charge is 2.00 e. The zero-order chi connectivity index (χ0) is 34.0. The zero-order valence-corrected chi connectivity index (χ0v) is 32.5. The Labute approximate surface area is 321 Å². The van der Waals surface area contributed by atoms with Gasteiger partial charge in [0.15, 0.2) is 0 Å². The van der Waals surface area contributed by atoms with Crippen molar-refractivity contribution in [3.8, 4) is 54.8 Å². The molecule has 0 saturated carbocycles. The van der Waals surface area contributed by atoms with E-state index in [0.29, 0.717) is 0 Å². The Bertz CT molecular complexity index is 2290. The number of thiophene rings is 2. The number of hydrogen-bond donors (Lipinski definition) is 0. The second kappa shape index (κ2) is 12.9. The molecule has 5 heterocycles. The molecule has 9 rings (SSSR count). The molecule has 0 aliphatic carbocycles. The van der Waals surface area contributed by atoms with Crippen molar-refractivity contribution in [3.05, 3.63) is 167 Å². The topological polar surface area (TPSA) is 35.6 Å². The van der Waals surface area contributed by atoms with Crippen LogP contribution in [0.1, 0.15) is 49.1 Å². The number of nitrogens with zero attached hydrogens (tertiary/aromatic N) is 4. The van der Waals surface area contributed by atoms with Gasteiger partial charge in [0, 0.05) is 22.2 Å². The Kier molecular flexibility index (Phi) is 8.45. The molecule has 0 amide bonds. The Morgan fingerprint density at radius 1 is 0.490 bits per heavy atom. The Hall–Kier alpha value is -4.61. The third kappa shape index (κ3) is 5.61. The summed E-state index contributed by atoms with van der Waals surface area (Å²) < 4.78 is 4.52. The molecule has 4 aromatic heterocycles. The van der Waals surface area contributed by atoms with Crippen molar-refractivity contribution in [1.29, 1.82) is 0 Å². The van der Waals surface area contributed by atoms with E-state index in [0.717, 1.165) is 76.2 Å². The van der Waals surface area contributed by atoms with Gasteiger partial charge in [0.25, 0.3) is 0 Å². The zero-order valence-electron chi connectivity index (χ0n) is 28.6. The molecule has 0 unspecified atom stereocenters. The van der Waals surface area contributed by atoms with Crippen molar-refractivity contribution >= 4 is 22.7 Å². The molecule has 0 N–H and O–H groups in total. The minimum Gasteiger partial charge on any atom is -0.316 e. The average Bonchev–Trinajstić information content (AvgIpc) is 3.97. The van der Waals surface area contributed by atoms with Gasteiger partial charge < -0.3 is 9.13 Å². The summed E-state index contributed by atoms with van der Waals surface area (Å²) in [4.78, 5) is 15.6. The maximum Gasteiger partial charge on any atom is 2.00 e. The summed E-state index contributed by atoms with van der Waals surface area (Å²) in [6.07, 6.45) is 4.39. The van der Waals surface area contributed by atoms with Gasteiger partial charge in [-0.25, -0.2) is 22.7 Å². The van der Waals surface area contributed by atoms with E-state index < -0.39 is 10.8 Å². The van der Waals surface area contributed by atoms with Crippen LogP contribution in [0.2, 0.25) is 0 Å². The van der Waals surface area contributed by atoms with Crippen molar-refractivity contribution in [3.63, 3.8) is 0 Å². The van der Waals surface area contributed by atoms with Gasteiger partial charge in [0.2, 0.25) is 0 Å². The molecule has 51 heavy (non-hydrogen) atoms. The first kappa shape index (κ1) is 33.5. The summed E-state index contributed by atoms with van der Waals surface area (Å²) in [6.45, 7) is 9.07. The normalized spacial score (nSPS) is 14.0. The van der Waals surface area contributed by atoms with Crippen LogP contribution in [0.4, 0.5) is 0 Å². The summed E-state index contributed by atoms with van der Waals surface area (Å²) in [5.74, 6) is 1.91. The quantitative estimate of drug-likeness (QED) is 0.165. The summed E-state index contributed by atoms with van der Waals surface area (Å²) in [5.41, 5.74) is 7.26. The maximum absolute atomic E-state index is 5.53. The average molecular weight is 878 g/mol. The second-order valence-corrected chi connectivity index (χ2v) is 15.9. The van der Waals surface area contributed by atoms with Crippen LogP contribution < -0.4 is 0 Å². The molecule has 0 radical (unpaired) electrons. The summed E-state index contributed by atoms with van der Waals surface area (Å²) >= 11 is 3.56. The van der Waals surface area contributed by atoms with Crippen LogP contribution in [0, 0.1) is 12.1 Å². The molecule has 252 valence electrons. The third-order valence-electron chi connectivity index (χ3n) is 9.66. The Morgan fingerprint density at radius 3 is 1.18 bits per heavy atom. The molecule has 7 heteroatoms. The fourth-order valence-corrected chi connectivity index (χ4v) is 9.30. The number of fused-ring (bicyclic) bond motifs is 10. The Balaban J connectivity index is 0.00000374. The number of benzene rings is 4. The van der Waals surface area contributed by atoms with Crippen LogP contribution in [0.5, 0.6) is 0 Å². The first-order valence-electron chi connectivity index (χ1n) is 16.8. The molecular weight excluding hydrogens is 844 g/mol. The molecule has 0 spiro atoms. The van der Waals surface area contributed by atoms with Gasteiger partial charge in [-0.05, 0) is 75.7 Å². The first-order chi connectivity index (χ1) is 24.3. The van der Waals surface area contributed by atoms with Crippen LogP contribution in [-0.4, -0.2) is 19.1 Å². The van der Waals surface area contributed by atoms with Crippen molar-refractivity contribution in [2.24, 2.45) is 0 Å². The van der Waals surface area contributed by atoms with Crippen LogP contribution in [0.15, 0.2) is 134 Å². The number of imidazole rings is 2. The molecule has 0 saturated heterocycles. The van der Waals surface area contributed by atoms with E-state index in [1.165, 1.54) is 0 Å². The van der Waals surface area contributed by atoms with Crippen molar-refractivity contribution in [2.75, 3.05) is 0 Å². The number of hydrogen-bond acceptors (Lipinski definition) is 4. The van der Waals surface area contributed by atoms with Gasteiger partial charge in [-0.15, -0.1) is 11.1 Å². The predicted octanol–water partition coefficient (Wildman–Crippen LogP) is 11.4. The van der Waals surface area contributed by atoms with Gasteiger partial charge >= 0.3 is 21.1 Å². The van der Waals surface area contributed by atoms with Gasteiger partial charge in [0.1, 0.15) is 11.6 Å². The number of rotatable bonds is 4. The number of para-hydroxylation sites is 2. The minimum atomic E-state index is -0.499. The summed E-state index contributed by atoms with van der Waals surface area (Å²) in [7, 11) is 0. The van der Waals surface area contributed by atoms with E-state index in [9.17, 15) is 0 Å². The van der Waals surface area contributed by atoms with Crippen LogP contribution in [-0.2, 0) is 31.9 Å². The minimum absolute atomic E-state index is 0. The van der Waals surface area contributed by atoms with E-state index >= 15 is 0 Å². The van der Waals surface area contributed by atoms with Gasteiger partial charge in [-0.3, -0.25) is 9.97 Å². The number of aromatic nitrogens is 4. The molecule has 8 aromatic rings. The van der Waals surface area contributed by atoms with Crippen LogP contribution in [0.3, 0.4) is 0 Å². The van der Waals surface area contributed by atoms with E-state index in [2.05, 4.69) is 183 Å². The van der Waals surface area contributed by atoms with E-state index in [4.69, 9.17) is 9.97 Å². The summed E-state index contributed by atoms with van der Waals surface area (Å²) in [6, 6.07) is 50.2. The fourth-order valence-electron chi connectivity index (χ4n) is 6.87. The monoisotopic (exact) mass is 877 g/mol. The maximum atomic E-state index is 5.53. The van der Waals surface area contributed by atoms with Crippen LogP contribution in [0.25, 0.3) is 54.8 Å². The molecular formula is C44H34N4PtS2. The van der Waals surface area contributed by atoms with Gasteiger partial charge in [0.05, 0.1) is 0 Å². The van der Waals surface area contributed by atoms with Gasteiger partial charge in [-0.1, -0.05) is 128 Å². The van der Waals surface area contributed by atoms with Gasteiger partial charge in [-0.2, -0.15) is 12.1 Å². The smallest absolute Gasteiger partial charge is 0.316 e. The third-order valence-corrected chi connectivity index (χ3v) is 12.6. The second-order valence-electron chi connectivity index (χ2n) is 13.8. The molecule has 4 nitrogen and oxygen atoms in total. The Morgan fingerprint density at radius 2 is 0.824 bits per heavy atom. The molecule has 0 fully saturated rings. The van der Waals surface area contributed by atoms with E-state index in [1.807, 2.05) is 0 Å². The summed E-state index contributed by atoms with van der Waals surface area (Å²) in [5, 5.41) is 0. The van der Waals surface area contributed by atoms with Crippen molar-refractivity contribution in [1.82, 2.24) is 19.1 Å². The fraction of sp³-hybridized carbons (Fsp3) is 0.136. The predicted molar refractivity (Wildman–Crippen MR) is 207 cm³/mol. The molecule has 8 bridgehead atoms. The van der Waals surface area contributed by atoms with E-state index in [1.54, 1.807) is 22.7 Å². The van der Waals surface area contributed by atoms with Crippen LogP contribution >= 0.6 is 22.7 Å². The van der Waals surface area contributed by atoms with Crippen molar-refractivity contribution in [2.45, 2.75) is 38.5 Å². The first-order valence-corrected chi connectivity index (χ1v) is 18.5. The SMILES string of the molecule is CC1(C)c2[c-]c(c(-c3ccccc3)s2)-c2cn(-c3ccccc3)c(n2)C(C)(C)c2[c-]c(c(-c3ccccc3)s2)-c2cn(-c3ccccc3)c1n2.[Pt+2]. The van der Waals surface area contributed by atoms with Crippen molar-refractivity contribution < 1.29 is 21.1 Å². The standard InChI is InChI=1S/C44H34N4S2.Pt/c1-43(2)37-25-33(39(49-37)29-17-9-5-10-18-29)36-28-48(32-23-15-8-16-24-32)42(46-36)44(3,4)38-26-34(40(50-38)30-19-11-6-12-20-30)35-27-47(41(43)45-35)31-21-13-7-14-22-31;/h5-24,27-28H,1-4H3;/q-2;+2. The molecule has 0 atom stereocenters. The molecule has 1 aliphatic rings. The molecule has 4 aromatic carbocycles. The molecule has 1 aliphatic heterocycles.